The fourth-order valence-corrected chi connectivity index (χ4v) is 8.66. The molecule has 0 fully saturated rings. The molecule has 0 radical (unpaired) electrons. The summed E-state index contributed by atoms with van der Waals surface area (Å²) < 4.78 is 0. The van der Waals surface area contributed by atoms with Crippen molar-refractivity contribution in [2.24, 2.45) is 5.92 Å². The van der Waals surface area contributed by atoms with Crippen LogP contribution in [0.2, 0.25) is 0 Å². The molecule has 8 bridgehead atoms. The van der Waals surface area contributed by atoms with Crippen molar-refractivity contribution in [2.45, 2.75) is 145 Å². The number of aliphatic hydroxyl groups is 1. The van der Waals surface area contributed by atoms with Crippen LogP contribution in [0.5, 0.6) is 0 Å². The van der Waals surface area contributed by atoms with Gasteiger partial charge in [0.15, 0.2) is 6.29 Å². The monoisotopic (exact) mass is 922 g/mol. The number of nitrogens with zero attached hydrogens (tertiary/aromatic N) is 4. The van der Waals surface area contributed by atoms with Gasteiger partial charge in [0.05, 0.1) is 28.9 Å². The van der Waals surface area contributed by atoms with Gasteiger partial charge >= 0.3 is 29.0 Å². The van der Waals surface area contributed by atoms with Gasteiger partial charge in [0.1, 0.15) is 0 Å². The van der Waals surface area contributed by atoms with Gasteiger partial charge < -0.3 is 25.3 Å². The van der Waals surface area contributed by atoms with E-state index in [1.54, 1.807) is 18.2 Å². The maximum Gasteiger partial charge on any atom is 2.00 e. The van der Waals surface area contributed by atoms with Crippen LogP contribution in [0.4, 0.5) is 0 Å². The predicted octanol–water partition coefficient (Wildman–Crippen LogP) is 12.3. The van der Waals surface area contributed by atoms with Crippen molar-refractivity contribution < 1.29 is 46.8 Å². The Morgan fingerprint density at radius 1 is 0.692 bits per heavy atom. The van der Waals surface area contributed by atoms with E-state index in [0.717, 1.165) is 54.4 Å². The summed E-state index contributed by atoms with van der Waals surface area (Å²) in [6, 6.07) is 7.17. The summed E-state index contributed by atoms with van der Waals surface area (Å²) in [5, 5.41) is 31.2. The number of allylic oxidation sites excluding steroid dienone is 11. The number of carboxylic acid groups (broad SMARTS) is 2. The second kappa shape index (κ2) is 24.3. The van der Waals surface area contributed by atoms with Crippen molar-refractivity contribution in [3.05, 3.63) is 117 Å². The number of aromatic nitrogens is 4. The molecule has 65 heavy (non-hydrogen) atoms. The molecule has 3 N–H and O–H groups in total. The Hall–Kier alpha value is -5.35. The zero-order valence-corrected chi connectivity index (χ0v) is 40.6. The average molecular weight is 923 g/mol. The molecular weight excluding hydrogens is 856 g/mol. The van der Waals surface area contributed by atoms with Gasteiger partial charge in [-0.3, -0.25) is 14.4 Å². The van der Waals surface area contributed by atoms with Crippen LogP contribution in [0, 0.1) is 19.8 Å². The van der Waals surface area contributed by atoms with Gasteiger partial charge in [0.25, 0.3) is 0 Å². The van der Waals surface area contributed by atoms with E-state index in [1.165, 1.54) is 29.6 Å². The molecule has 11 heteroatoms. The minimum Gasteiger partial charge on any atom is -0.657 e. The maximum atomic E-state index is 12.8. The number of aryl methyl sites for hydroxylation is 3. The van der Waals surface area contributed by atoms with Crippen molar-refractivity contribution in [3.63, 3.8) is 0 Å². The van der Waals surface area contributed by atoms with Gasteiger partial charge in [-0.1, -0.05) is 102 Å². The topological polar surface area (TPSA) is 166 Å². The Kier molecular flexibility index (Phi) is 19.5. The summed E-state index contributed by atoms with van der Waals surface area (Å²) in [6.07, 6.45) is 17.5. The van der Waals surface area contributed by atoms with E-state index >= 15 is 0 Å². The second-order valence-electron chi connectivity index (χ2n) is 17.9. The minimum atomic E-state index is -1.02. The fourth-order valence-electron chi connectivity index (χ4n) is 8.66. The van der Waals surface area contributed by atoms with Crippen LogP contribution in [-0.2, 0) is 37.9 Å². The van der Waals surface area contributed by atoms with Crippen molar-refractivity contribution in [1.82, 2.24) is 19.9 Å². The molecular formula is C54H66FeN4O6. The normalized spacial score (nSPS) is 14.0. The van der Waals surface area contributed by atoms with Crippen LogP contribution in [0.1, 0.15) is 170 Å². The van der Waals surface area contributed by atoms with Crippen molar-refractivity contribution in [2.75, 3.05) is 0 Å². The number of rotatable bonds is 22. The van der Waals surface area contributed by atoms with Crippen LogP contribution in [-0.4, -0.2) is 43.5 Å². The maximum absolute atomic E-state index is 12.8. The molecule has 0 aromatic carbocycles. The number of aliphatic carboxylic acids is 2. The molecule has 1 unspecified atom stereocenters. The number of carbonyl (C=O) groups excluding carboxylic acids is 1. The number of fused-ring (bicyclic) bond motifs is 8. The zero-order chi connectivity index (χ0) is 46.7. The van der Waals surface area contributed by atoms with E-state index in [-0.39, 0.29) is 48.3 Å². The molecule has 2 atom stereocenters. The second-order valence-corrected chi connectivity index (χ2v) is 17.9. The molecule has 5 rings (SSSR count). The summed E-state index contributed by atoms with van der Waals surface area (Å²) in [7, 11) is 0. The number of carbonyl (C=O) groups is 3. The third-order valence-corrected chi connectivity index (χ3v) is 12.5. The van der Waals surface area contributed by atoms with Gasteiger partial charge in [-0.25, -0.2) is 9.97 Å². The Labute approximate surface area is 395 Å². The molecule has 2 aliphatic rings. The van der Waals surface area contributed by atoms with Gasteiger partial charge in [-0.15, -0.1) is 22.1 Å². The predicted molar refractivity (Wildman–Crippen MR) is 259 cm³/mol. The summed E-state index contributed by atoms with van der Waals surface area (Å²) in [5.41, 5.74) is 13.6. The van der Waals surface area contributed by atoms with Crippen molar-refractivity contribution >= 4 is 62.6 Å². The minimum absolute atomic E-state index is 0. The quantitative estimate of drug-likeness (QED) is 0.0501. The van der Waals surface area contributed by atoms with Crippen LogP contribution in [0.15, 0.2) is 71.9 Å². The molecule has 2 aliphatic heterocycles. The molecule has 0 spiro atoms. The fraction of sp³-hybridized carbons (Fsp3) is 0.426. The van der Waals surface area contributed by atoms with Crippen molar-refractivity contribution in [1.29, 1.82) is 0 Å². The van der Waals surface area contributed by atoms with Gasteiger partial charge in [0, 0.05) is 24.0 Å². The number of hydrogen-bond donors (Lipinski definition) is 3. The smallest absolute Gasteiger partial charge is 0.657 e. The molecule has 3 aromatic rings. The molecule has 0 saturated carbocycles. The largest absolute Gasteiger partial charge is 2.00 e. The van der Waals surface area contributed by atoms with E-state index in [9.17, 15) is 29.7 Å². The van der Waals surface area contributed by atoms with Crippen LogP contribution < -0.4 is 9.97 Å². The Balaban J connectivity index is 0.00000925. The third kappa shape index (κ3) is 13.8. The number of hydrogen-bond acceptors (Lipinski definition) is 6. The summed E-state index contributed by atoms with van der Waals surface area (Å²) >= 11 is 0. The average Bonchev–Trinajstić information content (AvgIpc) is 3.91. The first-order chi connectivity index (χ1) is 30.5. The standard InChI is InChI=1S/C54H68N4O6.Fe/c1-10-39-36(7)44-29-50-54(51(60)22-14-21-35(6)20-13-19-34(5)18-12-17-33(4)16-11-15-32(2)3)38(9)45(57-50)28-49-42(31-59)41(24-26-53(63)64)48(58-49)30-47-40(23-25-52(61)62)37(8)43(56-47)27-46(39)55-44;/h10,15,17,21,27-31,34,51,60H,1,11-14,16,18-20,22-26H2,2-9H3,(H4,55,56,57,58,59,61,62,63,64);/q;+2/p-2/b33-17+,35-21+,43-27?,44-29?,45-28?,46-27?,47-30?,48-30?,49-28?,50-29?;/t34?,51-;/m0./s1. The Morgan fingerprint density at radius 2 is 1.26 bits per heavy atom. The Bertz CT molecular complexity index is 2600. The number of aldehydes is 1. The first-order valence-electron chi connectivity index (χ1n) is 22.7. The van der Waals surface area contributed by atoms with E-state index in [0.29, 0.717) is 86.6 Å². The van der Waals surface area contributed by atoms with Crippen LogP contribution in [0.25, 0.3) is 44.4 Å². The molecule has 3 aromatic heterocycles. The van der Waals surface area contributed by atoms with E-state index in [2.05, 4.69) is 59.4 Å². The SMILES string of the molecule is C=CC1=C(C)c2cc3[n-]c(cc4nc(cc5[n-]c(cc1n2)c(C)c5CCC(=O)O)C(CCC(=O)O)=C4C=O)c(C)c3[C@@H](O)CC/C=C(\C)CCCC(C)CC/C=C(\C)CCC=C(C)C.[Fe+2]. The zero-order valence-electron chi connectivity index (χ0n) is 39.5. The molecule has 346 valence electrons. The van der Waals surface area contributed by atoms with Gasteiger partial charge in [0.2, 0.25) is 0 Å². The summed E-state index contributed by atoms with van der Waals surface area (Å²) in [5.74, 6) is -1.31. The molecule has 0 saturated heterocycles. The van der Waals surface area contributed by atoms with Crippen molar-refractivity contribution in [3.8, 4) is 0 Å². The Morgan fingerprint density at radius 3 is 1.91 bits per heavy atom. The molecule has 0 aliphatic carbocycles. The first kappa shape index (κ1) is 52.3. The molecule has 5 heterocycles. The summed E-state index contributed by atoms with van der Waals surface area (Å²) in [6.45, 7) is 20.9. The summed E-state index contributed by atoms with van der Waals surface area (Å²) in [4.78, 5) is 56.2. The number of aliphatic hydroxyl groups excluding tert-OH is 1. The van der Waals surface area contributed by atoms with E-state index in [4.69, 9.17) is 19.9 Å². The van der Waals surface area contributed by atoms with Gasteiger partial charge in [-0.05, 0) is 135 Å². The molecule has 0 amide bonds. The number of carboxylic acids is 2. The van der Waals surface area contributed by atoms with Crippen LogP contribution in [0.3, 0.4) is 0 Å². The van der Waals surface area contributed by atoms with E-state index in [1.807, 2.05) is 32.9 Å². The van der Waals surface area contributed by atoms with Gasteiger partial charge in [-0.2, -0.15) is 0 Å². The first-order valence-corrected chi connectivity index (χ1v) is 22.7. The third-order valence-electron chi connectivity index (χ3n) is 12.5. The molecule has 10 nitrogen and oxygen atoms in total. The van der Waals surface area contributed by atoms with E-state index < -0.39 is 18.0 Å². The van der Waals surface area contributed by atoms with Crippen LogP contribution >= 0.6 is 0 Å².